The monoisotopic (exact) mass is 285 g/mol. The van der Waals surface area contributed by atoms with Gasteiger partial charge in [0, 0.05) is 5.69 Å². The third-order valence-electron chi connectivity index (χ3n) is 4.97. The predicted octanol–water partition coefficient (Wildman–Crippen LogP) is 3.71. The van der Waals surface area contributed by atoms with Gasteiger partial charge in [-0.05, 0) is 49.7 Å². The van der Waals surface area contributed by atoms with Gasteiger partial charge in [0.1, 0.15) is 0 Å². The highest BCUT2D eigenvalue weighted by molar-refractivity contribution is 5.98. The number of hydrogen-bond donors (Lipinski definition) is 1. The van der Waals surface area contributed by atoms with Crippen LogP contribution in [0.3, 0.4) is 0 Å². The second kappa shape index (κ2) is 4.75. The fourth-order valence-corrected chi connectivity index (χ4v) is 4.70. The standard InChI is InChI=1S/C18H27N3/c1-13-5-7-15(8-6-13)21-16(19)20-12-18(21)10-14(2)9-17(3,4)11-18/h5-8,14H,9-12H2,1-4H3,(H2,19,20). The van der Waals surface area contributed by atoms with Gasteiger partial charge in [-0.15, -0.1) is 0 Å². The molecule has 1 saturated carbocycles. The molecular formula is C18H27N3. The van der Waals surface area contributed by atoms with Gasteiger partial charge in [-0.2, -0.15) is 0 Å². The Morgan fingerprint density at radius 1 is 1.19 bits per heavy atom. The van der Waals surface area contributed by atoms with Gasteiger partial charge in [-0.1, -0.05) is 38.5 Å². The fraction of sp³-hybridized carbons (Fsp3) is 0.611. The van der Waals surface area contributed by atoms with Crippen LogP contribution in [0.2, 0.25) is 0 Å². The highest BCUT2D eigenvalue weighted by Crippen LogP contribution is 2.49. The summed E-state index contributed by atoms with van der Waals surface area (Å²) in [4.78, 5) is 6.92. The maximum absolute atomic E-state index is 6.26. The minimum atomic E-state index is 0.0699. The molecule has 0 radical (unpaired) electrons. The predicted molar refractivity (Wildman–Crippen MR) is 89.7 cm³/mol. The van der Waals surface area contributed by atoms with Crippen LogP contribution in [-0.2, 0) is 0 Å². The number of aliphatic imine (C=N–C) groups is 1. The zero-order valence-electron chi connectivity index (χ0n) is 13.7. The van der Waals surface area contributed by atoms with Gasteiger partial charge in [0.15, 0.2) is 5.96 Å². The number of rotatable bonds is 1. The Morgan fingerprint density at radius 3 is 2.48 bits per heavy atom. The maximum atomic E-state index is 6.26. The summed E-state index contributed by atoms with van der Waals surface area (Å²) in [5, 5.41) is 0. The Hall–Kier alpha value is -1.51. The van der Waals surface area contributed by atoms with Crippen molar-refractivity contribution in [2.45, 2.75) is 52.5 Å². The van der Waals surface area contributed by atoms with E-state index in [1.54, 1.807) is 0 Å². The van der Waals surface area contributed by atoms with Crippen molar-refractivity contribution in [1.29, 1.82) is 0 Å². The Labute approximate surface area is 128 Å². The number of guanidine groups is 1. The SMILES string of the molecule is Cc1ccc(N2C(N)=NCC23CC(C)CC(C)(C)C3)cc1. The number of nitrogens with two attached hydrogens (primary N) is 1. The summed E-state index contributed by atoms with van der Waals surface area (Å²) in [7, 11) is 0. The molecule has 3 heteroatoms. The maximum Gasteiger partial charge on any atom is 0.196 e. The lowest BCUT2D eigenvalue weighted by Gasteiger charge is -2.50. The van der Waals surface area contributed by atoms with Crippen molar-refractivity contribution in [3.05, 3.63) is 29.8 Å². The minimum Gasteiger partial charge on any atom is -0.369 e. The van der Waals surface area contributed by atoms with Gasteiger partial charge in [0.2, 0.25) is 0 Å². The second-order valence-electron chi connectivity index (χ2n) is 7.92. The topological polar surface area (TPSA) is 41.6 Å². The molecule has 2 atom stereocenters. The third-order valence-corrected chi connectivity index (χ3v) is 4.97. The lowest BCUT2D eigenvalue weighted by molar-refractivity contribution is 0.119. The largest absolute Gasteiger partial charge is 0.369 e. The lowest BCUT2D eigenvalue weighted by Crippen LogP contribution is -2.57. The van der Waals surface area contributed by atoms with E-state index in [1.807, 2.05) is 0 Å². The van der Waals surface area contributed by atoms with Crippen LogP contribution in [0.5, 0.6) is 0 Å². The van der Waals surface area contributed by atoms with Crippen LogP contribution in [0.15, 0.2) is 29.3 Å². The molecule has 2 N–H and O–H groups in total. The van der Waals surface area contributed by atoms with Crippen LogP contribution < -0.4 is 10.6 Å². The van der Waals surface area contributed by atoms with E-state index in [4.69, 9.17) is 5.73 Å². The Morgan fingerprint density at radius 2 is 1.86 bits per heavy atom. The van der Waals surface area contributed by atoms with Gasteiger partial charge < -0.3 is 10.6 Å². The molecule has 1 aromatic carbocycles. The van der Waals surface area contributed by atoms with Crippen molar-refractivity contribution in [2.24, 2.45) is 22.1 Å². The van der Waals surface area contributed by atoms with E-state index in [9.17, 15) is 0 Å². The number of aryl methyl sites for hydroxylation is 1. The number of nitrogens with zero attached hydrogens (tertiary/aromatic N) is 2. The van der Waals surface area contributed by atoms with Gasteiger partial charge in [-0.25, -0.2) is 0 Å². The van der Waals surface area contributed by atoms with Crippen molar-refractivity contribution < 1.29 is 0 Å². The molecule has 1 fully saturated rings. The molecule has 2 unspecified atom stereocenters. The van der Waals surface area contributed by atoms with E-state index in [2.05, 4.69) is 61.9 Å². The summed E-state index contributed by atoms with van der Waals surface area (Å²) in [5.74, 6) is 1.39. The van der Waals surface area contributed by atoms with Crippen LogP contribution in [0.25, 0.3) is 0 Å². The highest BCUT2D eigenvalue weighted by atomic mass is 15.4. The highest BCUT2D eigenvalue weighted by Gasteiger charge is 2.50. The van der Waals surface area contributed by atoms with Crippen LogP contribution in [-0.4, -0.2) is 18.0 Å². The van der Waals surface area contributed by atoms with Gasteiger partial charge in [0.05, 0.1) is 12.1 Å². The van der Waals surface area contributed by atoms with E-state index in [0.29, 0.717) is 17.3 Å². The lowest BCUT2D eigenvalue weighted by atomic mass is 9.64. The van der Waals surface area contributed by atoms with Gasteiger partial charge >= 0.3 is 0 Å². The van der Waals surface area contributed by atoms with Crippen molar-refractivity contribution in [1.82, 2.24) is 0 Å². The molecule has 1 aliphatic carbocycles. The van der Waals surface area contributed by atoms with Gasteiger partial charge in [-0.3, -0.25) is 4.99 Å². The fourth-order valence-electron chi connectivity index (χ4n) is 4.70. The minimum absolute atomic E-state index is 0.0699. The second-order valence-corrected chi connectivity index (χ2v) is 7.92. The first-order valence-corrected chi connectivity index (χ1v) is 7.98. The molecule has 3 nitrogen and oxygen atoms in total. The summed E-state index contributed by atoms with van der Waals surface area (Å²) in [6, 6.07) is 8.67. The molecule has 114 valence electrons. The van der Waals surface area contributed by atoms with E-state index >= 15 is 0 Å². The molecule has 0 saturated heterocycles. The molecule has 3 rings (SSSR count). The summed E-state index contributed by atoms with van der Waals surface area (Å²) < 4.78 is 0. The van der Waals surface area contributed by atoms with Crippen molar-refractivity contribution in [3.63, 3.8) is 0 Å². The first kappa shape index (κ1) is 14.4. The number of anilines is 1. The Bertz CT molecular complexity index is 558. The van der Waals surface area contributed by atoms with E-state index in [-0.39, 0.29) is 5.54 Å². The molecule has 1 spiro atoms. The van der Waals surface area contributed by atoms with E-state index in [1.165, 1.54) is 24.1 Å². The molecular weight excluding hydrogens is 258 g/mol. The Kier molecular flexibility index (Phi) is 3.27. The zero-order chi connectivity index (χ0) is 15.3. The third kappa shape index (κ3) is 2.54. The summed E-state index contributed by atoms with van der Waals surface area (Å²) in [6.45, 7) is 10.1. The summed E-state index contributed by atoms with van der Waals surface area (Å²) >= 11 is 0. The zero-order valence-corrected chi connectivity index (χ0v) is 13.7. The number of hydrogen-bond acceptors (Lipinski definition) is 3. The molecule has 21 heavy (non-hydrogen) atoms. The van der Waals surface area contributed by atoms with E-state index < -0.39 is 0 Å². The van der Waals surface area contributed by atoms with Crippen LogP contribution >= 0.6 is 0 Å². The smallest absolute Gasteiger partial charge is 0.196 e. The average molecular weight is 285 g/mol. The van der Waals surface area contributed by atoms with Crippen LogP contribution in [0.4, 0.5) is 5.69 Å². The van der Waals surface area contributed by atoms with Crippen molar-refractivity contribution >= 4 is 11.6 Å². The molecule has 0 aromatic heterocycles. The molecule has 0 amide bonds. The normalized spacial score (nSPS) is 31.5. The van der Waals surface area contributed by atoms with Crippen LogP contribution in [0.1, 0.15) is 45.6 Å². The average Bonchev–Trinajstić information content (AvgIpc) is 2.65. The molecule has 1 heterocycles. The van der Waals surface area contributed by atoms with E-state index in [0.717, 1.165) is 13.0 Å². The molecule has 2 aliphatic rings. The Balaban J connectivity index is 2.00. The van der Waals surface area contributed by atoms with Crippen molar-refractivity contribution in [3.8, 4) is 0 Å². The first-order chi connectivity index (χ1) is 9.81. The number of benzene rings is 1. The summed E-state index contributed by atoms with van der Waals surface area (Å²) in [5.41, 5.74) is 9.14. The molecule has 0 bridgehead atoms. The van der Waals surface area contributed by atoms with Crippen LogP contribution in [0, 0.1) is 18.3 Å². The quantitative estimate of drug-likeness (QED) is 0.854. The van der Waals surface area contributed by atoms with Gasteiger partial charge in [0.25, 0.3) is 0 Å². The molecule has 1 aliphatic heterocycles. The summed E-state index contributed by atoms with van der Waals surface area (Å²) in [6.07, 6.45) is 3.62. The first-order valence-electron chi connectivity index (χ1n) is 7.98. The van der Waals surface area contributed by atoms with Crippen molar-refractivity contribution in [2.75, 3.05) is 11.4 Å². The molecule has 1 aromatic rings.